The molecule has 1 rings (SSSR count). The second-order valence-corrected chi connectivity index (χ2v) is 3.72. The van der Waals surface area contributed by atoms with Crippen LogP contribution in [0.2, 0.25) is 0 Å². The molecular formula is C6H9NOS2. The van der Waals surface area contributed by atoms with E-state index in [0.29, 0.717) is 0 Å². The molecular weight excluding hydrogens is 166 g/mol. The molecule has 2 nitrogen and oxygen atoms in total. The van der Waals surface area contributed by atoms with Crippen molar-refractivity contribution in [2.75, 3.05) is 12.3 Å². The Morgan fingerprint density at radius 2 is 2.70 bits per heavy atom. The lowest BCUT2D eigenvalue weighted by molar-refractivity contribution is -0.110. The molecule has 0 amide bonds. The highest BCUT2D eigenvalue weighted by atomic mass is 32.2. The molecule has 0 aliphatic carbocycles. The van der Waals surface area contributed by atoms with Crippen molar-refractivity contribution in [3.05, 3.63) is 0 Å². The van der Waals surface area contributed by atoms with Gasteiger partial charge < -0.3 is 9.69 Å². The van der Waals surface area contributed by atoms with Crippen molar-refractivity contribution < 1.29 is 4.79 Å². The Bertz CT molecular complexity index is 160. The van der Waals surface area contributed by atoms with Crippen LogP contribution >= 0.6 is 24.0 Å². The van der Waals surface area contributed by atoms with Gasteiger partial charge in [-0.2, -0.15) is 0 Å². The minimum absolute atomic E-state index is 0.0301. The van der Waals surface area contributed by atoms with Crippen molar-refractivity contribution in [2.45, 2.75) is 13.0 Å². The molecule has 56 valence electrons. The summed E-state index contributed by atoms with van der Waals surface area (Å²) in [6, 6.07) is 0.0301. The van der Waals surface area contributed by atoms with Crippen LogP contribution in [-0.4, -0.2) is 33.8 Å². The Morgan fingerprint density at radius 1 is 2.00 bits per heavy atom. The maximum atomic E-state index is 10.4. The number of hydrogen-bond acceptors (Lipinski definition) is 3. The number of carbonyl (C=O) groups excluding carboxylic acids is 1. The van der Waals surface area contributed by atoms with Gasteiger partial charge in [0.05, 0.1) is 6.04 Å². The highest BCUT2D eigenvalue weighted by molar-refractivity contribution is 8.23. The minimum atomic E-state index is 0.0301. The summed E-state index contributed by atoms with van der Waals surface area (Å²) >= 11 is 6.60. The molecule has 1 saturated heterocycles. The molecule has 1 aliphatic rings. The summed E-state index contributed by atoms with van der Waals surface area (Å²) in [5, 5.41) is 0. The molecule has 4 heteroatoms. The molecule has 1 fully saturated rings. The van der Waals surface area contributed by atoms with Gasteiger partial charge in [-0.1, -0.05) is 24.0 Å². The van der Waals surface area contributed by atoms with Crippen LogP contribution in [0, 0.1) is 0 Å². The molecule has 0 aromatic rings. The van der Waals surface area contributed by atoms with E-state index in [-0.39, 0.29) is 6.04 Å². The van der Waals surface area contributed by atoms with Crippen molar-refractivity contribution in [3.63, 3.8) is 0 Å². The van der Waals surface area contributed by atoms with Gasteiger partial charge in [-0.15, -0.1) is 0 Å². The molecule has 0 aromatic heterocycles. The summed E-state index contributed by atoms with van der Waals surface area (Å²) in [6.07, 6.45) is 0.968. The number of aldehydes is 1. The van der Waals surface area contributed by atoms with Crippen molar-refractivity contribution in [3.8, 4) is 0 Å². The van der Waals surface area contributed by atoms with Crippen LogP contribution < -0.4 is 0 Å². The Kier molecular flexibility index (Phi) is 2.68. The quantitative estimate of drug-likeness (QED) is 0.459. The Labute approximate surface area is 70.0 Å². The SMILES string of the molecule is CCN1C(=S)SCC1C=O. The van der Waals surface area contributed by atoms with Crippen LogP contribution in [0.15, 0.2) is 0 Å². The van der Waals surface area contributed by atoms with E-state index in [1.807, 2.05) is 11.8 Å². The van der Waals surface area contributed by atoms with Crippen molar-refractivity contribution in [1.82, 2.24) is 4.90 Å². The van der Waals surface area contributed by atoms with Crippen LogP contribution in [0.5, 0.6) is 0 Å². The van der Waals surface area contributed by atoms with E-state index in [0.717, 1.165) is 22.9 Å². The van der Waals surface area contributed by atoms with Crippen LogP contribution in [0.3, 0.4) is 0 Å². The van der Waals surface area contributed by atoms with E-state index in [1.165, 1.54) is 0 Å². The molecule has 1 unspecified atom stereocenters. The van der Waals surface area contributed by atoms with Gasteiger partial charge in [0.1, 0.15) is 10.6 Å². The second-order valence-electron chi connectivity index (χ2n) is 2.07. The largest absolute Gasteiger partial charge is 0.347 e. The maximum Gasteiger partial charge on any atom is 0.143 e. The number of thiocarbonyl (C=S) groups is 1. The Hall–Kier alpha value is -0.0900. The third-order valence-corrected chi connectivity index (χ3v) is 3.09. The van der Waals surface area contributed by atoms with Crippen LogP contribution in [-0.2, 0) is 4.79 Å². The summed E-state index contributed by atoms with van der Waals surface area (Å²) in [4.78, 5) is 12.4. The smallest absolute Gasteiger partial charge is 0.143 e. The number of likely N-dealkylation sites (N-methyl/N-ethyl adjacent to an activating group) is 1. The first kappa shape index (κ1) is 8.01. The zero-order valence-electron chi connectivity index (χ0n) is 5.74. The zero-order chi connectivity index (χ0) is 7.56. The van der Waals surface area contributed by atoms with E-state index in [2.05, 4.69) is 0 Å². The molecule has 0 aromatic carbocycles. The van der Waals surface area contributed by atoms with Crippen LogP contribution in [0.1, 0.15) is 6.92 Å². The van der Waals surface area contributed by atoms with Gasteiger partial charge in [-0.3, -0.25) is 0 Å². The van der Waals surface area contributed by atoms with Gasteiger partial charge in [-0.25, -0.2) is 0 Å². The average Bonchev–Trinajstić information content (AvgIpc) is 2.30. The maximum absolute atomic E-state index is 10.4. The second kappa shape index (κ2) is 3.34. The monoisotopic (exact) mass is 175 g/mol. The van der Waals surface area contributed by atoms with E-state index in [4.69, 9.17) is 12.2 Å². The van der Waals surface area contributed by atoms with Crippen LogP contribution in [0.4, 0.5) is 0 Å². The van der Waals surface area contributed by atoms with Crippen molar-refractivity contribution >= 4 is 34.6 Å². The predicted molar refractivity (Wildman–Crippen MR) is 47.3 cm³/mol. The Morgan fingerprint density at radius 3 is 3.10 bits per heavy atom. The topological polar surface area (TPSA) is 20.3 Å². The molecule has 0 saturated carbocycles. The van der Waals surface area contributed by atoms with E-state index >= 15 is 0 Å². The average molecular weight is 175 g/mol. The number of thioether (sulfide) groups is 1. The zero-order valence-corrected chi connectivity index (χ0v) is 7.37. The van der Waals surface area contributed by atoms with Gasteiger partial charge in [0.25, 0.3) is 0 Å². The van der Waals surface area contributed by atoms with Gasteiger partial charge in [0, 0.05) is 12.3 Å². The van der Waals surface area contributed by atoms with Crippen LogP contribution in [0.25, 0.3) is 0 Å². The normalized spacial score (nSPS) is 25.5. The number of nitrogens with zero attached hydrogens (tertiary/aromatic N) is 1. The lowest BCUT2D eigenvalue weighted by Gasteiger charge is -2.18. The molecule has 1 atom stereocenters. The van der Waals surface area contributed by atoms with Crippen molar-refractivity contribution in [1.29, 1.82) is 0 Å². The summed E-state index contributed by atoms with van der Waals surface area (Å²) < 4.78 is 0.861. The van der Waals surface area contributed by atoms with E-state index in [1.54, 1.807) is 11.8 Å². The first-order valence-electron chi connectivity index (χ1n) is 3.18. The lowest BCUT2D eigenvalue weighted by Crippen LogP contribution is -2.33. The Balaban J connectivity index is 2.62. The third kappa shape index (κ3) is 1.32. The summed E-state index contributed by atoms with van der Waals surface area (Å²) in [6.45, 7) is 2.85. The fourth-order valence-corrected chi connectivity index (χ4v) is 2.41. The minimum Gasteiger partial charge on any atom is -0.347 e. The van der Waals surface area contributed by atoms with E-state index < -0.39 is 0 Å². The first-order valence-corrected chi connectivity index (χ1v) is 4.57. The lowest BCUT2D eigenvalue weighted by atomic mass is 10.3. The molecule has 10 heavy (non-hydrogen) atoms. The molecule has 0 spiro atoms. The van der Waals surface area contributed by atoms with Gasteiger partial charge in [-0.05, 0) is 6.92 Å². The highest BCUT2D eigenvalue weighted by Gasteiger charge is 2.26. The fourth-order valence-electron chi connectivity index (χ4n) is 0.941. The standard InChI is InChI=1S/C6H9NOS2/c1-2-7-5(3-8)4-10-6(7)9/h3,5H,2,4H2,1H3. The third-order valence-electron chi connectivity index (χ3n) is 1.51. The first-order chi connectivity index (χ1) is 4.79. The van der Waals surface area contributed by atoms with Gasteiger partial charge >= 0.3 is 0 Å². The summed E-state index contributed by atoms with van der Waals surface area (Å²) in [7, 11) is 0. The number of carbonyl (C=O) groups is 1. The number of hydrogen-bond donors (Lipinski definition) is 0. The number of rotatable bonds is 2. The molecule has 1 heterocycles. The van der Waals surface area contributed by atoms with Gasteiger partial charge in [0.15, 0.2) is 0 Å². The molecule has 0 N–H and O–H groups in total. The summed E-state index contributed by atoms with van der Waals surface area (Å²) in [5.74, 6) is 0.830. The van der Waals surface area contributed by atoms with Gasteiger partial charge in [0.2, 0.25) is 0 Å². The molecule has 0 radical (unpaired) electrons. The highest BCUT2D eigenvalue weighted by Crippen LogP contribution is 2.22. The fraction of sp³-hybridized carbons (Fsp3) is 0.667. The predicted octanol–water partition coefficient (Wildman–Crippen LogP) is 0.907. The summed E-state index contributed by atoms with van der Waals surface area (Å²) in [5.41, 5.74) is 0. The van der Waals surface area contributed by atoms with Crippen molar-refractivity contribution in [2.24, 2.45) is 0 Å². The molecule has 1 aliphatic heterocycles. The van der Waals surface area contributed by atoms with E-state index in [9.17, 15) is 4.79 Å². The molecule has 0 bridgehead atoms.